The van der Waals surface area contributed by atoms with E-state index in [4.69, 9.17) is 5.26 Å². The molecule has 0 saturated heterocycles. The van der Waals surface area contributed by atoms with Crippen LogP contribution in [0.2, 0.25) is 0 Å². The second-order valence-electron chi connectivity index (χ2n) is 2.34. The summed E-state index contributed by atoms with van der Waals surface area (Å²) in [6.07, 6.45) is 3.80. The van der Waals surface area contributed by atoms with Gasteiger partial charge in [0.1, 0.15) is 6.29 Å². The number of carbonyl (C=O) groups excluding carboxylic acids is 1. The van der Waals surface area contributed by atoms with Gasteiger partial charge in [0.2, 0.25) is 0 Å². The standard InChI is InChI=1S/C10H6BrNO/c11-10-6-8(7-12)3-4-9(10)2-1-5-13/h1-6H/b2-1+. The summed E-state index contributed by atoms with van der Waals surface area (Å²) in [7, 11) is 0. The van der Waals surface area contributed by atoms with Gasteiger partial charge in [0, 0.05) is 4.47 Å². The van der Waals surface area contributed by atoms with E-state index in [9.17, 15) is 4.79 Å². The summed E-state index contributed by atoms with van der Waals surface area (Å²) in [5, 5.41) is 8.58. The smallest absolute Gasteiger partial charge is 0.142 e. The molecule has 0 atom stereocenters. The van der Waals surface area contributed by atoms with Crippen LogP contribution in [0, 0.1) is 11.3 Å². The van der Waals surface area contributed by atoms with E-state index < -0.39 is 0 Å². The Bertz CT molecular complexity index is 390. The van der Waals surface area contributed by atoms with Crippen molar-refractivity contribution in [3.8, 4) is 6.07 Å². The third kappa shape index (κ3) is 2.53. The zero-order chi connectivity index (χ0) is 9.68. The fraction of sp³-hybridized carbons (Fsp3) is 0. The number of hydrogen-bond acceptors (Lipinski definition) is 2. The highest BCUT2D eigenvalue weighted by Gasteiger charge is 1.96. The van der Waals surface area contributed by atoms with Crippen LogP contribution in [-0.4, -0.2) is 6.29 Å². The van der Waals surface area contributed by atoms with Gasteiger partial charge in [-0.1, -0.05) is 28.1 Å². The molecule has 0 aliphatic rings. The van der Waals surface area contributed by atoms with E-state index in [1.807, 2.05) is 6.07 Å². The molecule has 0 amide bonds. The molecule has 1 aromatic rings. The largest absolute Gasteiger partial charge is 0.299 e. The number of halogens is 1. The third-order valence-corrected chi connectivity index (χ3v) is 2.17. The molecule has 1 aromatic carbocycles. The zero-order valence-corrected chi connectivity index (χ0v) is 8.28. The summed E-state index contributed by atoms with van der Waals surface area (Å²) < 4.78 is 0.810. The lowest BCUT2D eigenvalue weighted by molar-refractivity contribution is -0.104. The first kappa shape index (κ1) is 9.69. The summed E-state index contributed by atoms with van der Waals surface area (Å²) in [5.41, 5.74) is 1.47. The molecule has 64 valence electrons. The van der Waals surface area contributed by atoms with Gasteiger partial charge in [-0.2, -0.15) is 5.26 Å². The Hall–Kier alpha value is -1.40. The van der Waals surface area contributed by atoms with Gasteiger partial charge in [0.05, 0.1) is 11.6 Å². The minimum atomic E-state index is 0.593. The Labute approximate surface area is 84.6 Å². The summed E-state index contributed by atoms with van der Waals surface area (Å²) in [6.45, 7) is 0. The van der Waals surface area contributed by atoms with Crippen molar-refractivity contribution in [3.63, 3.8) is 0 Å². The van der Waals surface area contributed by atoms with E-state index in [1.54, 1.807) is 24.3 Å². The van der Waals surface area contributed by atoms with E-state index in [0.717, 1.165) is 10.0 Å². The second-order valence-corrected chi connectivity index (χ2v) is 3.20. The Kier molecular flexibility index (Phi) is 3.41. The number of carbonyl (C=O) groups is 1. The Balaban J connectivity index is 3.06. The highest BCUT2D eigenvalue weighted by Crippen LogP contribution is 2.19. The second kappa shape index (κ2) is 4.58. The molecule has 0 aliphatic carbocycles. The van der Waals surface area contributed by atoms with E-state index in [-0.39, 0.29) is 0 Å². The van der Waals surface area contributed by atoms with Crippen molar-refractivity contribution in [3.05, 3.63) is 39.9 Å². The topological polar surface area (TPSA) is 40.9 Å². The number of benzene rings is 1. The number of rotatable bonds is 2. The maximum Gasteiger partial charge on any atom is 0.142 e. The van der Waals surface area contributed by atoms with Crippen LogP contribution in [0.3, 0.4) is 0 Å². The summed E-state index contributed by atoms with van der Waals surface area (Å²) in [6, 6.07) is 7.22. The molecule has 3 heteroatoms. The Morgan fingerprint density at radius 3 is 2.77 bits per heavy atom. The van der Waals surface area contributed by atoms with Gasteiger partial charge in [0.15, 0.2) is 0 Å². The first-order valence-electron chi connectivity index (χ1n) is 3.59. The zero-order valence-electron chi connectivity index (χ0n) is 6.70. The normalized spacial score (nSPS) is 9.85. The van der Waals surface area contributed by atoms with Crippen molar-refractivity contribution in [1.82, 2.24) is 0 Å². The van der Waals surface area contributed by atoms with Crippen LogP contribution in [-0.2, 0) is 4.79 Å². The maximum absolute atomic E-state index is 10.1. The predicted octanol–water partition coefficient (Wildman–Crippen LogP) is 2.53. The predicted molar refractivity (Wildman–Crippen MR) is 54.0 cm³/mol. The molecule has 0 N–H and O–H groups in total. The van der Waals surface area contributed by atoms with Gasteiger partial charge in [-0.3, -0.25) is 4.79 Å². The number of allylic oxidation sites excluding steroid dienone is 1. The average molecular weight is 236 g/mol. The van der Waals surface area contributed by atoms with Gasteiger partial charge < -0.3 is 0 Å². The van der Waals surface area contributed by atoms with Crippen LogP contribution in [0.5, 0.6) is 0 Å². The number of nitrogens with zero attached hydrogens (tertiary/aromatic N) is 1. The molecule has 2 nitrogen and oxygen atoms in total. The SMILES string of the molecule is N#Cc1ccc(/C=C/C=O)c(Br)c1. The molecule has 0 radical (unpaired) electrons. The van der Waals surface area contributed by atoms with Crippen molar-refractivity contribution in [1.29, 1.82) is 5.26 Å². The summed E-state index contributed by atoms with van der Waals surface area (Å²) >= 11 is 3.30. The average Bonchev–Trinajstić information content (AvgIpc) is 2.16. The lowest BCUT2D eigenvalue weighted by Gasteiger charge is -1.97. The van der Waals surface area contributed by atoms with Crippen molar-refractivity contribution in [2.45, 2.75) is 0 Å². The minimum absolute atomic E-state index is 0.593. The molecule has 1 rings (SSSR count). The third-order valence-electron chi connectivity index (χ3n) is 1.48. The van der Waals surface area contributed by atoms with Gasteiger partial charge in [-0.05, 0) is 23.8 Å². The van der Waals surface area contributed by atoms with Crippen LogP contribution in [0.4, 0.5) is 0 Å². The van der Waals surface area contributed by atoms with Crippen molar-refractivity contribution in [2.24, 2.45) is 0 Å². The first-order chi connectivity index (χ1) is 6.27. The van der Waals surface area contributed by atoms with Gasteiger partial charge in [0.25, 0.3) is 0 Å². The van der Waals surface area contributed by atoms with Crippen molar-refractivity contribution >= 4 is 28.3 Å². The molecular weight excluding hydrogens is 230 g/mol. The molecular formula is C10H6BrNO. The Morgan fingerprint density at radius 2 is 2.23 bits per heavy atom. The highest BCUT2D eigenvalue weighted by atomic mass is 79.9. The molecule has 0 aliphatic heterocycles. The van der Waals surface area contributed by atoms with Gasteiger partial charge in [-0.25, -0.2) is 0 Å². The fourth-order valence-corrected chi connectivity index (χ4v) is 1.39. The van der Waals surface area contributed by atoms with Gasteiger partial charge in [-0.15, -0.1) is 0 Å². The lowest BCUT2D eigenvalue weighted by Crippen LogP contribution is -1.79. The van der Waals surface area contributed by atoms with E-state index >= 15 is 0 Å². The van der Waals surface area contributed by atoms with Crippen LogP contribution in [0.1, 0.15) is 11.1 Å². The molecule has 0 aromatic heterocycles. The van der Waals surface area contributed by atoms with Crippen LogP contribution < -0.4 is 0 Å². The monoisotopic (exact) mass is 235 g/mol. The molecule has 0 heterocycles. The van der Waals surface area contributed by atoms with Crippen molar-refractivity contribution < 1.29 is 4.79 Å². The van der Waals surface area contributed by atoms with Crippen LogP contribution in [0.25, 0.3) is 6.08 Å². The molecule has 0 saturated carbocycles. The van der Waals surface area contributed by atoms with Gasteiger partial charge >= 0.3 is 0 Å². The number of aldehydes is 1. The molecule has 0 spiro atoms. The fourth-order valence-electron chi connectivity index (χ4n) is 0.875. The van der Waals surface area contributed by atoms with Crippen LogP contribution >= 0.6 is 15.9 Å². The Morgan fingerprint density at radius 1 is 1.46 bits per heavy atom. The number of nitriles is 1. The summed E-state index contributed by atoms with van der Waals surface area (Å²) in [4.78, 5) is 10.1. The molecule has 13 heavy (non-hydrogen) atoms. The molecule has 0 fully saturated rings. The molecule has 0 bridgehead atoms. The van der Waals surface area contributed by atoms with E-state index in [1.165, 1.54) is 6.08 Å². The van der Waals surface area contributed by atoms with E-state index in [2.05, 4.69) is 15.9 Å². The maximum atomic E-state index is 10.1. The highest BCUT2D eigenvalue weighted by molar-refractivity contribution is 9.10. The van der Waals surface area contributed by atoms with E-state index in [0.29, 0.717) is 11.8 Å². The summed E-state index contributed by atoms with van der Waals surface area (Å²) in [5.74, 6) is 0. The quantitative estimate of drug-likeness (QED) is 0.584. The first-order valence-corrected chi connectivity index (χ1v) is 4.38. The molecule has 0 unspecified atom stereocenters. The lowest BCUT2D eigenvalue weighted by atomic mass is 10.1. The van der Waals surface area contributed by atoms with Crippen molar-refractivity contribution in [2.75, 3.05) is 0 Å². The number of hydrogen-bond donors (Lipinski definition) is 0. The minimum Gasteiger partial charge on any atom is -0.299 e. The van der Waals surface area contributed by atoms with Crippen LogP contribution in [0.15, 0.2) is 28.7 Å².